The summed E-state index contributed by atoms with van der Waals surface area (Å²) in [5, 5.41) is 8.36. The van der Waals surface area contributed by atoms with Crippen LogP contribution >= 0.6 is 11.3 Å². The van der Waals surface area contributed by atoms with Crippen molar-refractivity contribution in [1.29, 1.82) is 0 Å². The van der Waals surface area contributed by atoms with E-state index >= 15 is 0 Å². The van der Waals surface area contributed by atoms with Gasteiger partial charge in [-0.3, -0.25) is 29.3 Å². The number of ether oxygens (including phenoxy) is 4. The van der Waals surface area contributed by atoms with Crippen molar-refractivity contribution in [2.24, 2.45) is 23.2 Å². The lowest BCUT2D eigenvalue weighted by atomic mass is 9.73. The van der Waals surface area contributed by atoms with E-state index in [1.54, 1.807) is 12.1 Å². The number of esters is 1. The van der Waals surface area contributed by atoms with Crippen molar-refractivity contribution in [1.82, 2.24) is 35.2 Å². The maximum atomic E-state index is 14.5. The Morgan fingerprint density at radius 2 is 1.92 bits per heavy atom. The molecule has 14 nitrogen and oxygen atoms in total. The van der Waals surface area contributed by atoms with E-state index in [0.29, 0.717) is 50.6 Å². The first-order valence-corrected chi connectivity index (χ1v) is 23.9. The molecule has 8 heterocycles. The van der Waals surface area contributed by atoms with Crippen LogP contribution in [0.25, 0.3) is 33.4 Å². The molecule has 7 aliphatic rings. The van der Waals surface area contributed by atoms with Crippen LogP contribution < -0.4 is 15.5 Å². The molecule has 5 aliphatic heterocycles. The fourth-order valence-electron chi connectivity index (χ4n) is 10.3. The van der Waals surface area contributed by atoms with E-state index in [2.05, 4.69) is 84.5 Å². The number of nitrogens with zero attached hydrogens (tertiary/aromatic N) is 5. The van der Waals surface area contributed by atoms with Crippen molar-refractivity contribution in [3.05, 3.63) is 63.8 Å². The van der Waals surface area contributed by atoms with Crippen molar-refractivity contribution in [3.8, 4) is 40.1 Å². The zero-order chi connectivity index (χ0) is 45.5. The molecule has 15 heteroatoms. The van der Waals surface area contributed by atoms with Crippen molar-refractivity contribution in [2.45, 2.75) is 104 Å². The van der Waals surface area contributed by atoms with Gasteiger partial charge in [0.05, 0.1) is 72.5 Å². The number of nitrogens with one attached hydrogen (secondary N) is 2. The highest BCUT2D eigenvalue weighted by Crippen LogP contribution is 2.49. The second-order valence-electron chi connectivity index (χ2n) is 20.3. The van der Waals surface area contributed by atoms with E-state index in [4.69, 9.17) is 28.9 Å². The third-order valence-corrected chi connectivity index (χ3v) is 15.1. The Bertz CT molecular complexity index is 2660. The first-order valence-electron chi connectivity index (χ1n) is 23.0. The molecule has 0 unspecified atom stereocenters. The van der Waals surface area contributed by atoms with E-state index in [9.17, 15) is 14.4 Å². The molecule has 5 fully saturated rings. The SMILES string of the molecule is C=C1[C@H](C(=O)N[C@H]2Cc3nc(cs3)-c3cc4c5c(c3)c(c(-c3cc(C#CCN6CCOCC6)cnc3[C@H](C)OC)n5CC(C)(C)O4)CC(C)(C)COC(=O)[C@H]3NN(C2=O)C2CC3C2)[C@H]1C. The number of cyclic esters (lactones) is 1. The first-order chi connectivity index (χ1) is 31.1. The lowest BCUT2D eigenvalue weighted by Gasteiger charge is -2.53. The molecule has 3 aromatic heterocycles. The van der Waals surface area contributed by atoms with Gasteiger partial charge in [-0.05, 0) is 75.6 Å². The van der Waals surface area contributed by atoms with Crippen LogP contribution in [0, 0.1) is 35.0 Å². The molecule has 65 heavy (non-hydrogen) atoms. The third-order valence-electron chi connectivity index (χ3n) is 14.2. The molecule has 0 radical (unpaired) electrons. The number of fused-ring (bicyclic) bond motifs is 4. The van der Waals surface area contributed by atoms with Crippen molar-refractivity contribution in [3.63, 3.8) is 0 Å². The fraction of sp³-hybridized carbons (Fsp3) is 0.540. The van der Waals surface area contributed by atoms with E-state index in [0.717, 1.165) is 74.7 Å². The average Bonchev–Trinajstić information content (AvgIpc) is 3.51. The van der Waals surface area contributed by atoms with Gasteiger partial charge in [0, 0.05) is 71.7 Å². The Morgan fingerprint density at radius 3 is 2.66 bits per heavy atom. The van der Waals surface area contributed by atoms with Gasteiger partial charge in [-0.25, -0.2) is 10.4 Å². The van der Waals surface area contributed by atoms with Crippen LogP contribution in [0.4, 0.5) is 0 Å². The van der Waals surface area contributed by atoms with Gasteiger partial charge in [-0.1, -0.05) is 44.8 Å². The van der Waals surface area contributed by atoms with Gasteiger partial charge in [-0.15, -0.1) is 11.3 Å². The van der Waals surface area contributed by atoms with E-state index in [1.807, 2.05) is 25.4 Å². The highest BCUT2D eigenvalue weighted by Gasteiger charge is 2.52. The number of aromatic nitrogens is 3. The summed E-state index contributed by atoms with van der Waals surface area (Å²) in [5.41, 5.74) is 10.1. The van der Waals surface area contributed by atoms with Gasteiger partial charge < -0.3 is 28.8 Å². The second kappa shape index (κ2) is 16.6. The number of carbonyl (C=O) groups excluding carboxylic acids is 3. The summed E-state index contributed by atoms with van der Waals surface area (Å²) >= 11 is 1.46. The molecule has 5 atom stereocenters. The molecule has 1 aromatic carbocycles. The minimum Gasteiger partial charge on any atom is -0.484 e. The third kappa shape index (κ3) is 8.26. The molecule has 2 aliphatic carbocycles. The number of methoxy groups -OCH3 is 1. The van der Waals surface area contributed by atoms with Gasteiger partial charge >= 0.3 is 5.97 Å². The van der Waals surface area contributed by atoms with Crippen LogP contribution in [0.5, 0.6) is 5.75 Å². The number of amides is 2. The molecule has 11 rings (SSSR count). The number of rotatable bonds is 6. The van der Waals surface area contributed by atoms with E-state index < -0.39 is 29.1 Å². The Kier molecular flexibility index (Phi) is 11.2. The number of hydrazine groups is 1. The summed E-state index contributed by atoms with van der Waals surface area (Å²) in [5.74, 6) is 6.40. The smallest absolute Gasteiger partial charge is 0.325 e. The molecule has 2 N–H and O–H groups in total. The Labute approximate surface area is 384 Å². The monoisotopic (exact) mass is 901 g/mol. The summed E-state index contributed by atoms with van der Waals surface area (Å²) in [7, 11) is 1.70. The molecule has 4 aromatic rings. The number of hydrogen-bond donors (Lipinski definition) is 2. The van der Waals surface area contributed by atoms with Crippen LogP contribution in [0.2, 0.25) is 0 Å². The first kappa shape index (κ1) is 43.8. The number of morpholine rings is 1. The molecular formula is C50H59N7O7S. The average molecular weight is 902 g/mol. The van der Waals surface area contributed by atoms with Crippen LogP contribution in [0.3, 0.4) is 0 Å². The summed E-state index contributed by atoms with van der Waals surface area (Å²) in [6.45, 7) is 21.0. The van der Waals surface area contributed by atoms with Crippen molar-refractivity contribution < 1.29 is 33.3 Å². The number of thiazole rings is 1. The lowest BCUT2D eigenvalue weighted by molar-refractivity contribution is -0.171. The summed E-state index contributed by atoms with van der Waals surface area (Å²) < 4.78 is 27.0. The van der Waals surface area contributed by atoms with E-state index in [1.165, 1.54) is 11.3 Å². The molecule has 3 saturated heterocycles. The molecular weight excluding hydrogens is 843 g/mol. The maximum absolute atomic E-state index is 14.5. The van der Waals surface area contributed by atoms with Gasteiger partial charge in [0.2, 0.25) is 5.91 Å². The maximum Gasteiger partial charge on any atom is 0.325 e. The zero-order valence-electron chi connectivity index (χ0n) is 38.4. The van der Waals surface area contributed by atoms with Crippen molar-refractivity contribution in [2.75, 3.05) is 46.6 Å². The lowest BCUT2D eigenvalue weighted by Crippen LogP contribution is -2.71. The van der Waals surface area contributed by atoms with Crippen LogP contribution in [-0.4, -0.2) is 113 Å². The molecule has 2 saturated carbocycles. The summed E-state index contributed by atoms with van der Waals surface area (Å²) in [4.78, 5) is 54.8. The molecule has 2 amide bonds. The number of benzene rings is 1. The second-order valence-corrected chi connectivity index (χ2v) is 21.2. The Morgan fingerprint density at radius 1 is 1.15 bits per heavy atom. The predicted molar refractivity (Wildman–Crippen MR) is 247 cm³/mol. The highest BCUT2D eigenvalue weighted by atomic mass is 32.1. The standard InChI is InChI=1S/C50H59N7O7S/c1-27-28(2)41(27)46(58)53-37-21-40-52-38(24-65-40)31-19-34-36(22-49(4,5)26-63-48(60)43-32-17-33(18-32)57(54-43)47(37)59)44(56-25-50(6,7)64-39(20-31)45(34)56)35-16-30(23-51-42(35)29(3)61-8)10-9-11-55-12-14-62-15-13-55/h16,19-20,23-24,28-29,32-33,37,41,43,54H,1,11-15,17-18,21-22,25-26H2,2-8H3,(H,53,58)/t28-,29-,32?,33?,37-,41-,43-/m0/s1. The van der Waals surface area contributed by atoms with Gasteiger partial charge in [0.25, 0.3) is 5.91 Å². The van der Waals surface area contributed by atoms with Gasteiger partial charge in [0.1, 0.15) is 23.4 Å². The largest absolute Gasteiger partial charge is 0.484 e. The quantitative estimate of drug-likeness (QED) is 0.136. The molecule has 342 valence electrons. The molecule has 8 bridgehead atoms. The zero-order valence-corrected chi connectivity index (χ0v) is 39.2. The minimum atomic E-state index is -0.908. The minimum absolute atomic E-state index is 0.0415. The Balaban J connectivity index is 1.12. The molecule has 0 spiro atoms. The normalized spacial score (nSPS) is 27.4. The fourth-order valence-corrected chi connectivity index (χ4v) is 11.2. The Hall–Kier alpha value is -5.11. The highest BCUT2D eigenvalue weighted by molar-refractivity contribution is 7.10. The number of carbonyl (C=O) groups is 3. The van der Waals surface area contributed by atoms with Gasteiger partial charge in [0.15, 0.2) is 0 Å². The van der Waals surface area contributed by atoms with Crippen LogP contribution in [0.1, 0.15) is 82.3 Å². The summed E-state index contributed by atoms with van der Waals surface area (Å²) in [6, 6.07) is 4.72. The van der Waals surface area contributed by atoms with Crippen molar-refractivity contribution >= 4 is 40.0 Å². The predicted octanol–water partition coefficient (Wildman–Crippen LogP) is 5.86. The number of hydrogen-bond acceptors (Lipinski definition) is 12. The van der Waals surface area contributed by atoms with Gasteiger partial charge in [-0.2, -0.15) is 0 Å². The topological polar surface area (TPSA) is 149 Å². The van der Waals surface area contributed by atoms with E-state index in [-0.39, 0.29) is 54.7 Å². The van der Waals surface area contributed by atoms with Crippen LogP contribution in [-0.2, 0) is 48.0 Å². The van der Waals surface area contributed by atoms with Crippen LogP contribution in [0.15, 0.2) is 41.9 Å². The number of pyridine rings is 1. The summed E-state index contributed by atoms with van der Waals surface area (Å²) in [6.07, 6.45) is 3.59.